The van der Waals surface area contributed by atoms with Gasteiger partial charge in [0.15, 0.2) is 0 Å². The van der Waals surface area contributed by atoms with Gasteiger partial charge in [0, 0.05) is 24.7 Å². The summed E-state index contributed by atoms with van der Waals surface area (Å²) < 4.78 is 0. The van der Waals surface area contributed by atoms with Gasteiger partial charge in [0.1, 0.15) is 4.99 Å². The lowest BCUT2D eigenvalue weighted by molar-refractivity contribution is 0.168. The van der Waals surface area contributed by atoms with Crippen LogP contribution >= 0.6 is 12.2 Å². The minimum absolute atomic E-state index is 0.504. The molecular weight excluding hydrogens is 348 g/mol. The van der Waals surface area contributed by atoms with E-state index in [1.165, 1.54) is 48.9 Å². The van der Waals surface area contributed by atoms with E-state index in [-0.39, 0.29) is 0 Å². The van der Waals surface area contributed by atoms with Crippen molar-refractivity contribution in [3.63, 3.8) is 0 Å². The average Bonchev–Trinajstić information content (AvgIpc) is 2.69. The number of hydrogen-bond acceptors (Lipinski definition) is 2. The summed E-state index contributed by atoms with van der Waals surface area (Å²) in [5.41, 5.74) is 5.36. The maximum Gasteiger partial charge on any atom is 0.106 e. The Bertz CT molecular complexity index is 756. The fraction of sp³-hybridized carbons (Fsp3) is 0.458. The van der Waals surface area contributed by atoms with Crippen LogP contribution in [-0.2, 0) is 13.0 Å². The standard InChI is InChI=1S/C24H32N2S/c1-3-4-5-8-14-26-18-22-12-7-6-11-20(22)16-23(26)17-25-24(27)21-13-9-10-19(2)15-21/h6-7,9-13,15,23H,3-5,8,14,16-18H2,1-2H3,(H,25,27)/t23-/m0/s1. The Morgan fingerprint density at radius 1 is 1.07 bits per heavy atom. The lowest BCUT2D eigenvalue weighted by atomic mass is 9.93. The molecule has 1 aliphatic rings. The second-order valence-electron chi connectivity index (χ2n) is 7.74. The summed E-state index contributed by atoms with van der Waals surface area (Å²) in [6.45, 7) is 7.54. The molecule has 0 unspecified atom stereocenters. The number of aryl methyl sites for hydroxylation is 1. The summed E-state index contributed by atoms with van der Waals surface area (Å²) in [5, 5.41) is 3.55. The van der Waals surface area contributed by atoms with E-state index in [0.717, 1.165) is 30.1 Å². The first-order chi connectivity index (χ1) is 13.2. The highest BCUT2D eigenvalue weighted by atomic mass is 32.1. The van der Waals surface area contributed by atoms with Crippen LogP contribution in [0.5, 0.6) is 0 Å². The molecule has 0 aliphatic carbocycles. The summed E-state index contributed by atoms with van der Waals surface area (Å²) in [6, 6.07) is 17.9. The minimum atomic E-state index is 0.504. The van der Waals surface area contributed by atoms with Crippen molar-refractivity contribution in [2.45, 2.75) is 58.5 Å². The molecule has 0 radical (unpaired) electrons. The van der Waals surface area contributed by atoms with Crippen molar-refractivity contribution in [3.05, 3.63) is 70.8 Å². The second-order valence-corrected chi connectivity index (χ2v) is 8.15. The van der Waals surface area contributed by atoms with Gasteiger partial charge in [-0.2, -0.15) is 0 Å². The van der Waals surface area contributed by atoms with E-state index in [1.54, 1.807) is 0 Å². The van der Waals surface area contributed by atoms with Crippen LogP contribution in [0.4, 0.5) is 0 Å². The highest BCUT2D eigenvalue weighted by Crippen LogP contribution is 2.23. The third kappa shape index (κ3) is 5.63. The second kappa shape index (κ2) is 10.0. The number of hydrogen-bond donors (Lipinski definition) is 1. The SMILES string of the molecule is CCCCCCN1Cc2ccccc2C[C@H]1CNC(=S)c1cccc(C)c1. The molecule has 0 amide bonds. The van der Waals surface area contributed by atoms with Gasteiger partial charge in [0.05, 0.1) is 0 Å². The Kier molecular flexibility index (Phi) is 7.42. The van der Waals surface area contributed by atoms with Gasteiger partial charge >= 0.3 is 0 Å². The topological polar surface area (TPSA) is 15.3 Å². The lowest BCUT2D eigenvalue weighted by Crippen LogP contribution is -2.47. The first-order valence-electron chi connectivity index (χ1n) is 10.3. The summed E-state index contributed by atoms with van der Waals surface area (Å²) in [7, 11) is 0. The van der Waals surface area contributed by atoms with Crippen LogP contribution in [0.3, 0.4) is 0 Å². The van der Waals surface area contributed by atoms with Crippen molar-refractivity contribution in [2.75, 3.05) is 13.1 Å². The van der Waals surface area contributed by atoms with Crippen LogP contribution in [0, 0.1) is 6.92 Å². The monoisotopic (exact) mass is 380 g/mol. The van der Waals surface area contributed by atoms with E-state index in [9.17, 15) is 0 Å². The average molecular weight is 381 g/mol. The first kappa shape index (κ1) is 20.0. The molecule has 1 N–H and O–H groups in total. The Balaban J connectivity index is 1.63. The number of benzene rings is 2. The van der Waals surface area contributed by atoms with Crippen molar-refractivity contribution in [1.29, 1.82) is 0 Å². The number of nitrogens with one attached hydrogen (secondary N) is 1. The highest BCUT2D eigenvalue weighted by molar-refractivity contribution is 7.80. The zero-order chi connectivity index (χ0) is 19.1. The van der Waals surface area contributed by atoms with E-state index >= 15 is 0 Å². The maximum atomic E-state index is 5.66. The van der Waals surface area contributed by atoms with Crippen LogP contribution in [-0.4, -0.2) is 29.0 Å². The fourth-order valence-electron chi connectivity index (χ4n) is 3.95. The smallest absolute Gasteiger partial charge is 0.106 e. The van der Waals surface area contributed by atoms with Crippen LogP contribution in [0.15, 0.2) is 48.5 Å². The first-order valence-corrected chi connectivity index (χ1v) is 10.7. The van der Waals surface area contributed by atoms with Crippen molar-refractivity contribution in [2.24, 2.45) is 0 Å². The zero-order valence-electron chi connectivity index (χ0n) is 16.7. The predicted octanol–water partition coefficient (Wildman–Crippen LogP) is 5.27. The molecule has 3 rings (SSSR count). The lowest BCUT2D eigenvalue weighted by Gasteiger charge is -2.37. The summed E-state index contributed by atoms with van der Waals surface area (Å²) in [5.74, 6) is 0. The Morgan fingerprint density at radius 2 is 1.89 bits per heavy atom. The van der Waals surface area contributed by atoms with Gasteiger partial charge in [-0.05, 0) is 43.5 Å². The quantitative estimate of drug-likeness (QED) is 0.496. The largest absolute Gasteiger partial charge is 0.374 e. The van der Waals surface area contributed by atoms with Crippen molar-refractivity contribution in [1.82, 2.24) is 10.2 Å². The number of unbranched alkanes of at least 4 members (excludes halogenated alkanes) is 3. The maximum absolute atomic E-state index is 5.66. The van der Waals surface area contributed by atoms with E-state index in [2.05, 4.69) is 72.6 Å². The van der Waals surface area contributed by atoms with Gasteiger partial charge in [-0.1, -0.05) is 86.4 Å². The summed E-state index contributed by atoms with van der Waals surface area (Å²) >= 11 is 5.66. The third-order valence-electron chi connectivity index (χ3n) is 5.54. The molecular formula is C24H32N2S. The molecule has 0 aromatic heterocycles. The zero-order valence-corrected chi connectivity index (χ0v) is 17.5. The molecule has 0 spiro atoms. The molecule has 27 heavy (non-hydrogen) atoms. The number of rotatable bonds is 8. The number of nitrogens with zero attached hydrogens (tertiary/aromatic N) is 1. The predicted molar refractivity (Wildman–Crippen MR) is 119 cm³/mol. The summed E-state index contributed by atoms with van der Waals surface area (Å²) in [6.07, 6.45) is 6.35. The van der Waals surface area contributed by atoms with Crippen LogP contribution in [0.1, 0.15) is 54.9 Å². The Hall–Kier alpha value is -1.71. The molecule has 0 saturated heterocycles. The Labute approximate surface area is 170 Å². The van der Waals surface area contributed by atoms with Crippen LogP contribution in [0.25, 0.3) is 0 Å². The minimum Gasteiger partial charge on any atom is -0.374 e. The third-order valence-corrected chi connectivity index (χ3v) is 5.92. The molecule has 1 aliphatic heterocycles. The molecule has 1 atom stereocenters. The van der Waals surface area contributed by atoms with Gasteiger partial charge in [0.25, 0.3) is 0 Å². The van der Waals surface area contributed by atoms with Crippen molar-refractivity contribution in [3.8, 4) is 0 Å². The van der Waals surface area contributed by atoms with Crippen molar-refractivity contribution < 1.29 is 0 Å². The van der Waals surface area contributed by atoms with Gasteiger partial charge < -0.3 is 5.32 Å². The normalized spacial score (nSPS) is 16.7. The van der Waals surface area contributed by atoms with Crippen LogP contribution < -0.4 is 5.32 Å². The van der Waals surface area contributed by atoms with E-state index in [1.807, 2.05) is 0 Å². The molecule has 2 aromatic carbocycles. The molecule has 2 nitrogen and oxygen atoms in total. The molecule has 3 heteroatoms. The van der Waals surface area contributed by atoms with Gasteiger partial charge in [0.2, 0.25) is 0 Å². The number of fused-ring (bicyclic) bond motifs is 1. The van der Waals surface area contributed by atoms with E-state index < -0.39 is 0 Å². The molecule has 0 fully saturated rings. The molecule has 1 heterocycles. The summed E-state index contributed by atoms with van der Waals surface area (Å²) in [4.78, 5) is 3.52. The molecule has 0 bridgehead atoms. The van der Waals surface area contributed by atoms with Gasteiger partial charge in [-0.3, -0.25) is 4.90 Å². The van der Waals surface area contributed by atoms with E-state index in [0.29, 0.717) is 6.04 Å². The highest BCUT2D eigenvalue weighted by Gasteiger charge is 2.25. The van der Waals surface area contributed by atoms with E-state index in [4.69, 9.17) is 12.2 Å². The Morgan fingerprint density at radius 3 is 2.67 bits per heavy atom. The molecule has 144 valence electrons. The van der Waals surface area contributed by atoms with Crippen LogP contribution in [0.2, 0.25) is 0 Å². The van der Waals surface area contributed by atoms with Crippen molar-refractivity contribution >= 4 is 17.2 Å². The molecule has 0 saturated carbocycles. The fourth-order valence-corrected chi connectivity index (χ4v) is 4.16. The van der Waals surface area contributed by atoms with Gasteiger partial charge in [-0.25, -0.2) is 0 Å². The van der Waals surface area contributed by atoms with Gasteiger partial charge in [-0.15, -0.1) is 0 Å². The molecule has 2 aromatic rings. The number of thiocarbonyl (C=S) groups is 1.